The molecule has 3 N–H and O–H groups in total. The van der Waals surface area contributed by atoms with Gasteiger partial charge in [0.25, 0.3) is 5.91 Å². The summed E-state index contributed by atoms with van der Waals surface area (Å²) in [6.45, 7) is 5.01. The normalized spacial score (nSPS) is 30.8. The largest absolute Gasteiger partial charge is 0.573 e. The van der Waals surface area contributed by atoms with Crippen molar-refractivity contribution in [3.63, 3.8) is 0 Å². The molecule has 2 aromatic rings. The molecule has 0 radical (unpaired) electrons. The molecule has 7 atom stereocenters. The van der Waals surface area contributed by atoms with E-state index in [1.165, 1.54) is 6.92 Å². The van der Waals surface area contributed by atoms with Crippen molar-refractivity contribution in [1.29, 1.82) is 0 Å². The molecule has 7 rings (SSSR count). The first kappa shape index (κ1) is 46.0. The Hall–Kier alpha value is -5.00. The van der Waals surface area contributed by atoms with E-state index >= 15 is 8.78 Å². The number of nitrogens with one attached hydrogen (secondary N) is 3. The number of rotatable bonds is 7. The molecule has 0 spiro atoms. The molecule has 3 saturated carbocycles. The Kier molecular flexibility index (Phi) is 11.8. The van der Waals surface area contributed by atoms with Crippen molar-refractivity contribution in [3.8, 4) is 11.6 Å². The summed E-state index contributed by atoms with van der Waals surface area (Å²) in [7, 11) is -4.28. The van der Waals surface area contributed by atoms with Gasteiger partial charge < -0.3 is 34.5 Å². The summed E-state index contributed by atoms with van der Waals surface area (Å²) in [6.07, 6.45) is -9.25. The van der Waals surface area contributed by atoms with Gasteiger partial charge in [0.15, 0.2) is 5.69 Å². The lowest BCUT2D eigenvalue weighted by molar-refractivity contribution is -0.274. The Balaban J connectivity index is 1.31. The van der Waals surface area contributed by atoms with Crippen LogP contribution in [-0.2, 0) is 39.8 Å². The lowest BCUT2D eigenvalue weighted by Crippen LogP contribution is -2.60. The molecule has 1 aromatic heterocycles. The van der Waals surface area contributed by atoms with Gasteiger partial charge >= 0.3 is 18.4 Å². The summed E-state index contributed by atoms with van der Waals surface area (Å²) in [5.41, 5.74) is -7.34. The van der Waals surface area contributed by atoms with Crippen molar-refractivity contribution < 1.29 is 77.3 Å². The second-order valence-corrected chi connectivity index (χ2v) is 19.8. The van der Waals surface area contributed by atoms with E-state index in [1.54, 1.807) is 25.5 Å². The number of allylic oxidation sites excluding steroid dienone is 1. The topological polar surface area (TPSA) is 204 Å². The summed E-state index contributed by atoms with van der Waals surface area (Å²) < 4.78 is 149. The predicted octanol–water partition coefficient (Wildman–Crippen LogP) is 4.76. The molecule has 1 saturated heterocycles. The second kappa shape index (κ2) is 16.2. The van der Waals surface area contributed by atoms with E-state index in [0.29, 0.717) is 25.3 Å². The fraction of sp³-hybridized carbons (Fsp3) is 0.641. The van der Waals surface area contributed by atoms with Gasteiger partial charge in [-0.3, -0.25) is 19.1 Å². The number of benzene rings is 1. The average Bonchev–Trinajstić information content (AvgIpc) is 4.07. The van der Waals surface area contributed by atoms with Crippen molar-refractivity contribution >= 4 is 44.9 Å². The highest BCUT2D eigenvalue weighted by Crippen LogP contribution is 2.49. The SMILES string of the molecule is CC(C)(C)[C@@H]1NC(=O)O[C@@H]2CCC[C@H]2OC/C=C\C(F)(F)c2nc3cc(OC(F)(F)F)ccc3nc2O[C@]2(C)C[C@@H](C(=O)N[C@]3(C(=O)NS(=O)(=O)C4CC4)C[C@H]3C(F)F)N(C2)C1=O. The Morgan fingerprint density at radius 2 is 1.71 bits per heavy atom. The summed E-state index contributed by atoms with van der Waals surface area (Å²) in [4.78, 5) is 65.1. The molecule has 3 aliphatic carbocycles. The molecule has 1 aromatic carbocycles. The van der Waals surface area contributed by atoms with Crippen LogP contribution in [0.15, 0.2) is 30.4 Å². The Morgan fingerprint density at radius 1 is 1.02 bits per heavy atom. The first-order valence-electron chi connectivity index (χ1n) is 20.1. The molecule has 4 amide bonds. The highest BCUT2D eigenvalue weighted by Gasteiger charge is 2.67. The molecule has 63 heavy (non-hydrogen) atoms. The van der Waals surface area contributed by atoms with Crippen LogP contribution in [0.4, 0.5) is 35.5 Å². The van der Waals surface area contributed by atoms with Gasteiger partial charge in [-0.1, -0.05) is 26.8 Å². The van der Waals surface area contributed by atoms with Crippen LogP contribution >= 0.6 is 0 Å². The Morgan fingerprint density at radius 3 is 2.35 bits per heavy atom. The van der Waals surface area contributed by atoms with Gasteiger partial charge in [0, 0.05) is 12.5 Å². The van der Waals surface area contributed by atoms with Crippen molar-refractivity contribution in [2.24, 2.45) is 11.3 Å². The number of ether oxygens (including phenoxy) is 4. The number of fused-ring (bicyclic) bond motifs is 5. The van der Waals surface area contributed by atoms with Crippen LogP contribution in [0, 0.1) is 11.3 Å². The van der Waals surface area contributed by atoms with E-state index in [0.717, 1.165) is 29.2 Å². The van der Waals surface area contributed by atoms with Gasteiger partial charge in [-0.05, 0) is 69.1 Å². The molecule has 4 fully saturated rings. The third-order valence-corrected chi connectivity index (χ3v) is 13.4. The Labute approximate surface area is 356 Å². The smallest absolute Gasteiger partial charge is 0.468 e. The van der Waals surface area contributed by atoms with E-state index in [-0.39, 0.29) is 18.4 Å². The fourth-order valence-corrected chi connectivity index (χ4v) is 9.51. The van der Waals surface area contributed by atoms with E-state index in [2.05, 4.69) is 25.3 Å². The van der Waals surface area contributed by atoms with Crippen LogP contribution in [-0.4, -0.2) is 114 Å². The van der Waals surface area contributed by atoms with Crippen LogP contribution < -0.4 is 24.8 Å². The zero-order chi connectivity index (χ0) is 46.1. The summed E-state index contributed by atoms with van der Waals surface area (Å²) >= 11 is 0. The number of hydrogen-bond acceptors (Lipinski definition) is 12. The molecule has 0 unspecified atom stereocenters. The van der Waals surface area contributed by atoms with Gasteiger partial charge in [0.2, 0.25) is 34.1 Å². The molecule has 5 aliphatic rings. The fourth-order valence-electron chi connectivity index (χ4n) is 8.15. The Bertz CT molecular complexity index is 2310. The molecule has 16 nitrogen and oxygen atoms in total. The lowest BCUT2D eigenvalue weighted by atomic mass is 9.85. The number of carbonyl (C=O) groups excluding carboxylic acids is 4. The molecular weight excluding hydrogens is 878 g/mol. The van der Waals surface area contributed by atoms with E-state index in [1.807, 2.05) is 0 Å². The van der Waals surface area contributed by atoms with Crippen molar-refractivity contribution in [2.75, 3.05) is 13.2 Å². The third-order valence-electron chi connectivity index (χ3n) is 11.6. The first-order chi connectivity index (χ1) is 29.2. The zero-order valence-corrected chi connectivity index (χ0v) is 35.1. The minimum Gasteiger partial charge on any atom is -0.468 e. The summed E-state index contributed by atoms with van der Waals surface area (Å²) in [5, 5.41) is 3.89. The zero-order valence-electron chi connectivity index (χ0n) is 34.3. The third kappa shape index (κ3) is 9.90. The second-order valence-electron chi connectivity index (χ2n) is 17.8. The van der Waals surface area contributed by atoms with Crippen LogP contribution in [0.2, 0.25) is 0 Å². The monoisotopic (exact) mass is 922 g/mol. The highest BCUT2D eigenvalue weighted by atomic mass is 32.2. The lowest BCUT2D eigenvalue weighted by Gasteiger charge is -2.36. The van der Waals surface area contributed by atoms with Crippen molar-refractivity contribution in [1.82, 2.24) is 30.2 Å². The van der Waals surface area contributed by atoms with Gasteiger partial charge in [0.05, 0.1) is 41.5 Å². The molecule has 2 aliphatic heterocycles. The molecule has 2 bridgehead atoms. The first-order valence-corrected chi connectivity index (χ1v) is 21.6. The quantitative estimate of drug-likeness (QED) is 0.254. The number of aromatic nitrogens is 2. The summed E-state index contributed by atoms with van der Waals surface area (Å²) in [5.74, 6) is -11.2. The molecule has 346 valence electrons. The molecule has 3 heterocycles. The number of carbonyl (C=O) groups is 4. The number of halogens is 7. The number of sulfonamides is 1. The number of alkyl carbamates (subject to hydrolysis) is 1. The van der Waals surface area contributed by atoms with Crippen LogP contribution in [0.5, 0.6) is 11.6 Å². The standard InChI is InChI=1S/C39H45F7N6O10S/c1-35(2,3)28-32(54)52-18-36(4,17-24(52)30(53)50-37(16-21(37)29(40)41)33(55)51-63(57,58)20-10-11-20)62-31-27(47-23-15-19(61-39(44,45)46)9-12-22(23)48-31)38(42,43)13-6-14-59-25-7-5-8-26(25)60-34(56)49-28/h6,9,12-13,15,20-21,24-26,28-29H,5,7-8,10-11,14,16-18H2,1-4H3,(H,49,56)(H,50,53)(H,51,55)/b13-6-/t21-,24-,25+,26+,28+,36+,37+/m0/s1. The van der Waals surface area contributed by atoms with E-state index in [9.17, 15) is 49.5 Å². The van der Waals surface area contributed by atoms with Gasteiger partial charge in [-0.15, -0.1) is 13.2 Å². The van der Waals surface area contributed by atoms with Gasteiger partial charge in [0.1, 0.15) is 35.1 Å². The maximum Gasteiger partial charge on any atom is 0.573 e. The molecular formula is C39H45F7N6O10S. The highest BCUT2D eigenvalue weighted by molar-refractivity contribution is 7.91. The maximum atomic E-state index is 16.3. The van der Waals surface area contributed by atoms with Crippen molar-refractivity contribution in [3.05, 3.63) is 36.0 Å². The van der Waals surface area contributed by atoms with Crippen LogP contribution in [0.25, 0.3) is 11.0 Å². The number of nitrogens with zero attached hydrogens (tertiary/aromatic N) is 3. The maximum absolute atomic E-state index is 16.3. The van der Waals surface area contributed by atoms with E-state index < -0.39 is 153 Å². The number of hydrogen-bond donors (Lipinski definition) is 3. The van der Waals surface area contributed by atoms with Gasteiger partial charge in [-0.2, -0.15) is 8.78 Å². The minimum atomic E-state index is -5.14. The van der Waals surface area contributed by atoms with Crippen molar-refractivity contribution in [2.45, 2.75) is 132 Å². The predicted molar refractivity (Wildman–Crippen MR) is 204 cm³/mol. The van der Waals surface area contributed by atoms with Gasteiger partial charge in [-0.25, -0.2) is 32.0 Å². The average molecular weight is 923 g/mol. The van der Waals surface area contributed by atoms with E-state index in [4.69, 9.17) is 14.2 Å². The minimum absolute atomic E-state index is 0.225. The number of amides is 4. The van der Waals surface area contributed by atoms with Crippen LogP contribution in [0.1, 0.15) is 78.3 Å². The summed E-state index contributed by atoms with van der Waals surface area (Å²) in [6, 6.07) is -0.630. The number of alkyl halides is 7. The van der Waals surface area contributed by atoms with Crippen LogP contribution in [0.3, 0.4) is 0 Å². The molecule has 24 heteroatoms.